The van der Waals surface area contributed by atoms with Crippen LogP contribution in [0.15, 0.2) is 48.5 Å². The van der Waals surface area contributed by atoms with Crippen molar-refractivity contribution in [3.8, 4) is 5.75 Å². The molecule has 1 aliphatic rings. The van der Waals surface area contributed by atoms with Crippen molar-refractivity contribution in [3.05, 3.63) is 59.9 Å². The number of hydrogen-bond donors (Lipinski definition) is 1. The van der Waals surface area contributed by atoms with E-state index in [0.717, 1.165) is 5.56 Å². The third-order valence-electron chi connectivity index (χ3n) is 4.61. The summed E-state index contributed by atoms with van der Waals surface area (Å²) in [6, 6.07) is 13.5. The molecule has 1 heterocycles. The second kappa shape index (κ2) is 8.66. The van der Waals surface area contributed by atoms with Crippen molar-refractivity contribution >= 4 is 17.5 Å². The van der Waals surface area contributed by atoms with Crippen LogP contribution in [0.2, 0.25) is 0 Å². The van der Waals surface area contributed by atoms with Crippen molar-refractivity contribution in [2.24, 2.45) is 5.92 Å². The van der Waals surface area contributed by atoms with Crippen LogP contribution >= 0.6 is 0 Å². The lowest BCUT2D eigenvalue weighted by molar-refractivity contribution is -0.128. The zero-order valence-corrected chi connectivity index (χ0v) is 15.3. The molecule has 1 unspecified atom stereocenters. The van der Waals surface area contributed by atoms with E-state index < -0.39 is 0 Å². The lowest BCUT2D eigenvalue weighted by Crippen LogP contribution is -2.30. The van der Waals surface area contributed by atoms with Crippen molar-refractivity contribution in [1.29, 1.82) is 0 Å². The summed E-state index contributed by atoms with van der Waals surface area (Å²) in [5, 5.41) is 2.87. The lowest BCUT2D eigenvalue weighted by Gasteiger charge is -2.17. The van der Waals surface area contributed by atoms with Gasteiger partial charge in [-0.05, 0) is 43.2 Å². The molecule has 1 N–H and O–H groups in total. The number of halogens is 1. The van der Waals surface area contributed by atoms with Gasteiger partial charge in [-0.15, -0.1) is 0 Å². The first kappa shape index (κ1) is 18.9. The minimum absolute atomic E-state index is 0.0321. The average molecular weight is 370 g/mol. The Morgan fingerprint density at radius 2 is 1.96 bits per heavy atom. The molecule has 1 fully saturated rings. The van der Waals surface area contributed by atoms with Gasteiger partial charge < -0.3 is 15.0 Å². The number of benzene rings is 2. The molecule has 0 saturated carbocycles. The summed E-state index contributed by atoms with van der Waals surface area (Å²) in [5.41, 5.74) is 1.57. The molecule has 1 aliphatic heterocycles. The van der Waals surface area contributed by atoms with E-state index in [1.807, 2.05) is 19.1 Å². The van der Waals surface area contributed by atoms with Gasteiger partial charge in [-0.25, -0.2) is 4.39 Å². The first-order valence-electron chi connectivity index (χ1n) is 9.11. The fraction of sp³-hybridized carbons (Fsp3) is 0.333. The second-order valence-corrected chi connectivity index (χ2v) is 6.54. The number of anilines is 1. The topological polar surface area (TPSA) is 58.6 Å². The first-order chi connectivity index (χ1) is 13.1. The van der Waals surface area contributed by atoms with E-state index in [1.165, 1.54) is 12.1 Å². The normalized spacial score (nSPS) is 16.4. The quantitative estimate of drug-likeness (QED) is 0.814. The van der Waals surface area contributed by atoms with Gasteiger partial charge in [-0.3, -0.25) is 9.59 Å². The van der Waals surface area contributed by atoms with E-state index in [-0.39, 0.29) is 30.0 Å². The van der Waals surface area contributed by atoms with Crippen LogP contribution in [0.5, 0.6) is 5.75 Å². The van der Waals surface area contributed by atoms with Gasteiger partial charge in [0.1, 0.15) is 11.6 Å². The zero-order valence-electron chi connectivity index (χ0n) is 15.3. The van der Waals surface area contributed by atoms with E-state index in [0.29, 0.717) is 37.6 Å². The molecule has 0 aliphatic carbocycles. The van der Waals surface area contributed by atoms with Gasteiger partial charge in [-0.2, -0.15) is 0 Å². The number of ether oxygens (including phenoxy) is 1. The van der Waals surface area contributed by atoms with Gasteiger partial charge in [-0.1, -0.05) is 24.3 Å². The van der Waals surface area contributed by atoms with Gasteiger partial charge in [0.2, 0.25) is 11.8 Å². The first-order valence-corrected chi connectivity index (χ1v) is 9.11. The molecule has 0 aromatic heterocycles. The SMILES string of the molecule is CCOc1ccccc1NC(=O)C1CC(=O)N(CCc2ccc(F)cc2)C1. The molecule has 0 radical (unpaired) electrons. The molecule has 2 amide bonds. The fourth-order valence-corrected chi connectivity index (χ4v) is 3.17. The number of hydrogen-bond acceptors (Lipinski definition) is 3. The molecule has 3 rings (SSSR count). The minimum atomic E-state index is -0.389. The predicted octanol–water partition coefficient (Wildman–Crippen LogP) is 3.25. The van der Waals surface area contributed by atoms with Crippen molar-refractivity contribution in [1.82, 2.24) is 4.90 Å². The standard InChI is InChI=1S/C21H23FN2O3/c1-2-27-19-6-4-3-5-18(19)23-21(26)16-13-20(25)24(14-16)12-11-15-7-9-17(22)10-8-15/h3-10,16H,2,11-14H2,1H3,(H,23,26). The van der Waals surface area contributed by atoms with Crippen molar-refractivity contribution in [3.63, 3.8) is 0 Å². The third-order valence-corrected chi connectivity index (χ3v) is 4.61. The highest BCUT2D eigenvalue weighted by Crippen LogP contribution is 2.26. The van der Waals surface area contributed by atoms with E-state index >= 15 is 0 Å². The molecule has 1 saturated heterocycles. The van der Waals surface area contributed by atoms with E-state index in [1.54, 1.807) is 29.2 Å². The van der Waals surface area contributed by atoms with Crippen LogP contribution in [0, 0.1) is 11.7 Å². The second-order valence-electron chi connectivity index (χ2n) is 6.54. The molecule has 27 heavy (non-hydrogen) atoms. The van der Waals surface area contributed by atoms with Crippen molar-refractivity contribution in [2.45, 2.75) is 19.8 Å². The number of nitrogens with zero attached hydrogens (tertiary/aromatic N) is 1. The molecule has 2 aromatic carbocycles. The highest BCUT2D eigenvalue weighted by atomic mass is 19.1. The third kappa shape index (κ3) is 4.84. The Bertz CT molecular complexity index is 807. The van der Waals surface area contributed by atoms with Crippen LogP contribution < -0.4 is 10.1 Å². The molecule has 0 spiro atoms. The van der Waals surface area contributed by atoms with E-state index in [4.69, 9.17) is 4.74 Å². The van der Waals surface area contributed by atoms with Crippen LogP contribution in [-0.2, 0) is 16.0 Å². The van der Waals surface area contributed by atoms with Gasteiger partial charge >= 0.3 is 0 Å². The van der Waals surface area contributed by atoms with Gasteiger partial charge in [0, 0.05) is 19.5 Å². The number of rotatable bonds is 7. The molecule has 2 aromatic rings. The number of carbonyl (C=O) groups is 2. The lowest BCUT2D eigenvalue weighted by atomic mass is 10.1. The van der Waals surface area contributed by atoms with Gasteiger partial charge in [0.05, 0.1) is 18.2 Å². The maximum Gasteiger partial charge on any atom is 0.229 e. The van der Waals surface area contributed by atoms with Crippen LogP contribution in [0.3, 0.4) is 0 Å². The summed E-state index contributed by atoms with van der Waals surface area (Å²) in [6.07, 6.45) is 0.833. The fourth-order valence-electron chi connectivity index (χ4n) is 3.17. The Morgan fingerprint density at radius 3 is 2.70 bits per heavy atom. The highest BCUT2D eigenvalue weighted by molar-refractivity contribution is 5.98. The Kier molecular flexibility index (Phi) is 6.06. The summed E-state index contributed by atoms with van der Waals surface area (Å²) in [5.74, 6) is -0.263. The van der Waals surface area contributed by atoms with Gasteiger partial charge in [0.25, 0.3) is 0 Å². The number of amides is 2. The number of carbonyl (C=O) groups excluding carboxylic acids is 2. The highest BCUT2D eigenvalue weighted by Gasteiger charge is 2.34. The number of nitrogens with one attached hydrogen (secondary N) is 1. The Morgan fingerprint density at radius 1 is 1.22 bits per heavy atom. The number of para-hydroxylation sites is 2. The van der Waals surface area contributed by atoms with Crippen molar-refractivity contribution < 1.29 is 18.7 Å². The smallest absolute Gasteiger partial charge is 0.229 e. The Labute approximate surface area is 158 Å². The molecule has 0 bridgehead atoms. The Balaban J connectivity index is 1.56. The summed E-state index contributed by atoms with van der Waals surface area (Å²) >= 11 is 0. The van der Waals surface area contributed by atoms with Crippen LogP contribution in [-0.4, -0.2) is 36.4 Å². The maximum absolute atomic E-state index is 13.0. The molecule has 1 atom stereocenters. The van der Waals surface area contributed by atoms with Crippen molar-refractivity contribution in [2.75, 3.05) is 25.0 Å². The summed E-state index contributed by atoms with van der Waals surface area (Å²) in [6.45, 7) is 3.30. The largest absolute Gasteiger partial charge is 0.492 e. The maximum atomic E-state index is 13.0. The zero-order chi connectivity index (χ0) is 19.2. The predicted molar refractivity (Wildman–Crippen MR) is 101 cm³/mol. The molecule has 6 heteroatoms. The Hall–Kier alpha value is -2.89. The summed E-state index contributed by atoms with van der Waals surface area (Å²) < 4.78 is 18.5. The average Bonchev–Trinajstić information content (AvgIpc) is 3.04. The van der Waals surface area contributed by atoms with E-state index in [2.05, 4.69) is 5.32 Å². The van der Waals surface area contributed by atoms with Crippen LogP contribution in [0.1, 0.15) is 18.9 Å². The summed E-state index contributed by atoms with van der Waals surface area (Å²) in [4.78, 5) is 26.5. The summed E-state index contributed by atoms with van der Waals surface area (Å²) in [7, 11) is 0. The molecule has 5 nitrogen and oxygen atoms in total. The van der Waals surface area contributed by atoms with Crippen LogP contribution in [0.25, 0.3) is 0 Å². The molecular weight excluding hydrogens is 347 g/mol. The molecule has 142 valence electrons. The van der Waals surface area contributed by atoms with E-state index in [9.17, 15) is 14.0 Å². The monoisotopic (exact) mass is 370 g/mol. The number of likely N-dealkylation sites (tertiary alicyclic amines) is 1. The minimum Gasteiger partial charge on any atom is -0.492 e. The van der Waals surface area contributed by atoms with Gasteiger partial charge in [0.15, 0.2) is 0 Å². The van der Waals surface area contributed by atoms with Crippen LogP contribution in [0.4, 0.5) is 10.1 Å². The molecular formula is C21H23FN2O3.